The molecule has 1 aromatic carbocycles. The minimum absolute atomic E-state index is 0.0868. The summed E-state index contributed by atoms with van der Waals surface area (Å²) in [6, 6.07) is 14.1. The second-order valence-corrected chi connectivity index (χ2v) is 7.43. The summed E-state index contributed by atoms with van der Waals surface area (Å²) in [4.78, 5) is 14.6. The predicted octanol–water partition coefficient (Wildman–Crippen LogP) is 2.92. The Kier molecular flexibility index (Phi) is 5.23. The monoisotopic (exact) mass is 378 g/mol. The van der Waals surface area contributed by atoms with E-state index in [0.29, 0.717) is 0 Å². The van der Waals surface area contributed by atoms with Crippen molar-refractivity contribution in [3.63, 3.8) is 0 Å². The molecule has 0 unspecified atom stereocenters. The number of hydrogen-bond acceptors (Lipinski definition) is 5. The molecule has 3 heterocycles. The zero-order valence-corrected chi connectivity index (χ0v) is 16.4. The van der Waals surface area contributed by atoms with Crippen molar-refractivity contribution in [3.8, 4) is 11.4 Å². The number of piperidine rings is 1. The zero-order valence-electron chi connectivity index (χ0n) is 16.4. The highest BCUT2D eigenvalue weighted by Gasteiger charge is 2.26. The molecule has 1 N–H and O–H groups in total. The molecule has 1 aliphatic rings. The number of rotatable bonds is 5. The molecule has 1 fully saturated rings. The fourth-order valence-corrected chi connectivity index (χ4v) is 3.55. The number of nitrogens with one attached hydrogen (secondary N) is 1. The van der Waals surface area contributed by atoms with Gasteiger partial charge in [-0.2, -0.15) is 4.52 Å². The van der Waals surface area contributed by atoms with Crippen LogP contribution < -0.4 is 10.2 Å². The van der Waals surface area contributed by atoms with Gasteiger partial charge in [-0.25, -0.2) is 0 Å². The van der Waals surface area contributed by atoms with Crippen molar-refractivity contribution in [2.75, 3.05) is 18.0 Å². The van der Waals surface area contributed by atoms with Crippen LogP contribution in [0.5, 0.6) is 0 Å². The Balaban J connectivity index is 1.49. The number of hydrogen-bond donors (Lipinski definition) is 1. The topological polar surface area (TPSA) is 75.4 Å². The van der Waals surface area contributed by atoms with Gasteiger partial charge < -0.3 is 10.2 Å². The van der Waals surface area contributed by atoms with Crippen LogP contribution in [0, 0.1) is 5.92 Å². The molecule has 2 aromatic heterocycles. The molecule has 3 aromatic rings. The molecular weight excluding hydrogens is 352 g/mol. The van der Waals surface area contributed by atoms with Crippen molar-refractivity contribution in [1.29, 1.82) is 0 Å². The van der Waals surface area contributed by atoms with Crippen LogP contribution in [0.15, 0.2) is 42.5 Å². The van der Waals surface area contributed by atoms with Crippen LogP contribution in [-0.2, 0) is 4.79 Å². The third-order valence-electron chi connectivity index (χ3n) is 5.47. The number of carbonyl (C=O) groups excluding carboxylic acids is 1. The maximum atomic E-state index is 12.4. The van der Waals surface area contributed by atoms with E-state index in [-0.39, 0.29) is 17.9 Å². The van der Waals surface area contributed by atoms with Gasteiger partial charge in [-0.3, -0.25) is 4.79 Å². The normalized spacial score (nSPS) is 16.3. The highest BCUT2D eigenvalue weighted by atomic mass is 16.1. The molecule has 1 amide bonds. The molecule has 4 rings (SSSR count). The number of aromatic nitrogens is 4. The summed E-state index contributed by atoms with van der Waals surface area (Å²) in [5.41, 5.74) is 1.71. The first-order valence-electron chi connectivity index (χ1n) is 9.99. The van der Waals surface area contributed by atoms with Gasteiger partial charge in [0.15, 0.2) is 11.5 Å². The van der Waals surface area contributed by atoms with Gasteiger partial charge in [0, 0.05) is 30.6 Å². The summed E-state index contributed by atoms with van der Waals surface area (Å²) in [5, 5.41) is 16.4. The Labute approximate surface area is 164 Å². The number of nitrogens with zero attached hydrogens (tertiary/aromatic N) is 5. The summed E-state index contributed by atoms with van der Waals surface area (Å²) < 4.78 is 1.80. The lowest BCUT2D eigenvalue weighted by atomic mass is 9.95. The van der Waals surface area contributed by atoms with E-state index in [1.54, 1.807) is 4.52 Å². The van der Waals surface area contributed by atoms with Crippen molar-refractivity contribution in [3.05, 3.63) is 42.5 Å². The van der Waals surface area contributed by atoms with Crippen molar-refractivity contribution in [2.45, 2.75) is 39.2 Å². The first-order chi connectivity index (χ1) is 13.7. The number of amides is 1. The van der Waals surface area contributed by atoms with Gasteiger partial charge in [-0.15, -0.1) is 15.3 Å². The van der Waals surface area contributed by atoms with Gasteiger partial charge in [0.1, 0.15) is 5.82 Å². The second kappa shape index (κ2) is 7.96. The lowest BCUT2D eigenvalue weighted by Crippen LogP contribution is -2.43. The van der Waals surface area contributed by atoms with Crippen molar-refractivity contribution in [1.82, 2.24) is 25.1 Å². The molecule has 0 radical (unpaired) electrons. The second-order valence-electron chi connectivity index (χ2n) is 7.43. The molecule has 0 saturated carbocycles. The number of fused-ring (bicyclic) bond motifs is 1. The fraction of sp³-hybridized carbons (Fsp3) is 0.429. The maximum Gasteiger partial charge on any atom is 0.223 e. The Hall–Kier alpha value is -2.96. The van der Waals surface area contributed by atoms with Crippen LogP contribution in [0.4, 0.5) is 5.82 Å². The van der Waals surface area contributed by atoms with E-state index >= 15 is 0 Å². The zero-order chi connectivity index (χ0) is 19.5. The molecule has 28 heavy (non-hydrogen) atoms. The Morgan fingerprint density at radius 3 is 2.61 bits per heavy atom. The lowest BCUT2D eigenvalue weighted by Gasteiger charge is -2.32. The lowest BCUT2D eigenvalue weighted by molar-refractivity contribution is -0.126. The van der Waals surface area contributed by atoms with E-state index in [9.17, 15) is 4.79 Å². The molecule has 1 aliphatic heterocycles. The average Bonchev–Trinajstić information content (AvgIpc) is 3.17. The van der Waals surface area contributed by atoms with Gasteiger partial charge in [-0.1, -0.05) is 37.3 Å². The molecule has 0 spiro atoms. The molecule has 146 valence electrons. The number of benzene rings is 1. The molecule has 1 atom stereocenters. The van der Waals surface area contributed by atoms with Crippen LogP contribution in [-0.4, -0.2) is 44.8 Å². The quantitative estimate of drug-likeness (QED) is 0.739. The highest BCUT2D eigenvalue weighted by molar-refractivity contribution is 5.79. The number of carbonyl (C=O) groups is 1. The highest BCUT2D eigenvalue weighted by Crippen LogP contribution is 2.24. The molecule has 7 nitrogen and oxygen atoms in total. The molecule has 7 heteroatoms. The first-order valence-corrected chi connectivity index (χ1v) is 9.99. The standard InChI is InChI=1S/C21H26N6O/c1-3-15(2)22-21(28)17-11-13-26(14-12-17)19-10-9-18-23-24-20(27(18)25-19)16-7-5-4-6-8-16/h4-10,15,17H,3,11-14H2,1-2H3,(H,22,28)/t15-/m0/s1. The number of anilines is 1. The molecule has 1 saturated heterocycles. The van der Waals surface area contributed by atoms with E-state index in [2.05, 4.69) is 34.3 Å². The van der Waals surface area contributed by atoms with Gasteiger partial charge >= 0.3 is 0 Å². The summed E-state index contributed by atoms with van der Waals surface area (Å²) in [7, 11) is 0. The minimum atomic E-state index is 0.0868. The van der Waals surface area contributed by atoms with Gasteiger partial charge in [-0.05, 0) is 38.3 Å². The third kappa shape index (κ3) is 3.69. The Morgan fingerprint density at radius 1 is 1.14 bits per heavy atom. The van der Waals surface area contributed by atoms with Crippen LogP contribution >= 0.6 is 0 Å². The smallest absolute Gasteiger partial charge is 0.223 e. The third-order valence-corrected chi connectivity index (χ3v) is 5.47. The van der Waals surface area contributed by atoms with Gasteiger partial charge in [0.25, 0.3) is 0 Å². The molecule has 0 aliphatic carbocycles. The fourth-order valence-electron chi connectivity index (χ4n) is 3.55. The van der Waals surface area contributed by atoms with Crippen LogP contribution in [0.1, 0.15) is 33.1 Å². The Morgan fingerprint density at radius 2 is 1.89 bits per heavy atom. The summed E-state index contributed by atoms with van der Waals surface area (Å²) >= 11 is 0. The predicted molar refractivity (Wildman–Crippen MR) is 109 cm³/mol. The van der Waals surface area contributed by atoms with Crippen molar-refractivity contribution < 1.29 is 4.79 Å². The van der Waals surface area contributed by atoms with Gasteiger partial charge in [0.2, 0.25) is 5.91 Å². The van der Waals surface area contributed by atoms with E-state index in [4.69, 9.17) is 5.10 Å². The Bertz CT molecular complexity index is 946. The van der Waals surface area contributed by atoms with Crippen molar-refractivity contribution >= 4 is 17.4 Å². The van der Waals surface area contributed by atoms with E-state index in [1.165, 1.54) is 0 Å². The SMILES string of the molecule is CC[C@H](C)NC(=O)C1CCN(c2ccc3nnc(-c4ccccc4)n3n2)CC1. The molecule has 0 bridgehead atoms. The van der Waals surface area contributed by atoms with E-state index in [0.717, 1.165) is 55.2 Å². The van der Waals surface area contributed by atoms with Gasteiger partial charge in [0.05, 0.1) is 0 Å². The van der Waals surface area contributed by atoms with Crippen LogP contribution in [0.2, 0.25) is 0 Å². The van der Waals surface area contributed by atoms with E-state index in [1.807, 2.05) is 42.5 Å². The minimum Gasteiger partial charge on any atom is -0.355 e. The summed E-state index contributed by atoms with van der Waals surface area (Å²) in [5.74, 6) is 1.90. The summed E-state index contributed by atoms with van der Waals surface area (Å²) in [6.07, 6.45) is 2.64. The molecular formula is C21H26N6O. The maximum absolute atomic E-state index is 12.4. The first kappa shape index (κ1) is 18.4. The van der Waals surface area contributed by atoms with Crippen molar-refractivity contribution in [2.24, 2.45) is 5.92 Å². The van der Waals surface area contributed by atoms with Crippen LogP contribution in [0.25, 0.3) is 17.0 Å². The van der Waals surface area contributed by atoms with Crippen LogP contribution in [0.3, 0.4) is 0 Å². The largest absolute Gasteiger partial charge is 0.355 e. The van der Waals surface area contributed by atoms with E-state index < -0.39 is 0 Å². The average molecular weight is 378 g/mol. The summed E-state index contributed by atoms with van der Waals surface area (Å²) in [6.45, 7) is 5.78.